The van der Waals surface area contributed by atoms with E-state index in [4.69, 9.17) is 0 Å². The minimum Gasteiger partial charge on any atom is -0.341 e. The Morgan fingerprint density at radius 1 is 1.17 bits per heavy atom. The van der Waals surface area contributed by atoms with Crippen molar-refractivity contribution in [2.75, 3.05) is 13.1 Å². The van der Waals surface area contributed by atoms with E-state index >= 15 is 0 Å². The Bertz CT molecular complexity index is 1010. The fourth-order valence-corrected chi connectivity index (χ4v) is 3.47. The van der Waals surface area contributed by atoms with Gasteiger partial charge in [0.1, 0.15) is 6.54 Å². The lowest BCUT2D eigenvalue weighted by Gasteiger charge is -2.14. The van der Waals surface area contributed by atoms with Crippen LogP contribution in [0.2, 0.25) is 0 Å². The van der Waals surface area contributed by atoms with Crippen LogP contribution in [0.1, 0.15) is 24.0 Å². The molecule has 1 amide bonds. The molecule has 1 saturated heterocycles. The van der Waals surface area contributed by atoms with Crippen molar-refractivity contribution in [1.29, 1.82) is 0 Å². The van der Waals surface area contributed by atoms with Crippen LogP contribution in [-0.4, -0.2) is 38.1 Å². The number of amides is 1. The highest BCUT2D eigenvalue weighted by Gasteiger charge is 2.21. The lowest BCUT2D eigenvalue weighted by molar-refractivity contribution is -0.131. The van der Waals surface area contributed by atoms with Crippen LogP contribution >= 0.6 is 0 Å². The molecule has 0 saturated carbocycles. The zero-order valence-electron chi connectivity index (χ0n) is 14.0. The Labute approximate surface area is 139 Å². The van der Waals surface area contributed by atoms with E-state index in [0.29, 0.717) is 5.65 Å². The molecule has 124 valence electrons. The van der Waals surface area contributed by atoms with E-state index in [0.717, 1.165) is 48.0 Å². The van der Waals surface area contributed by atoms with Gasteiger partial charge < -0.3 is 4.90 Å². The highest BCUT2D eigenvalue weighted by molar-refractivity contribution is 5.84. The number of carbonyl (C=O) groups excluding carboxylic acids is 1. The molecule has 0 radical (unpaired) electrons. The number of rotatable bonds is 2. The van der Waals surface area contributed by atoms with Gasteiger partial charge in [-0.1, -0.05) is 11.6 Å². The number of benzene rings is 1. The summed E-state index contributed by atoms with van der Waals surface area (Å²) in [6.07, 6.45) is 2.07. The Hall–Kier alpha value is -2.63. The van der Waals surface area contributed by atoms with E-state index in [1.165, 1.54) is 4.68 Å². The molecule has 1 aliphatic rings. The molecule has 4 rings (SSSR count). The van der Waals surface area contributed by atoms with Crippen molar-refractivity contribution < 1.29 is 4.79 Å². The number of hydrogen-bond acceptors (Lipinski definition) is 3. The maximum Gasteiger partial charge on any atom is 0.351 e. The van der Waals surface area contributed by atoms with E-state index in [1.54, 1.807) is 4.40 Å². The van der Waals surface area contributed by atoms with Crippen molar-refractivity contribution in [2.24, 2.45) is 0 Å². The fraction of sp³-hybridized carbons (Fsp3) is 0.389. The molecule has 2 aromatic heterocycles. The second kappa shape index (κ2) is 5.47. The second-order valence-electron chi connectivity index (χ2n) is 6.58. The smallest absolute Gasteiger partial charge is 0.341 e. The van der Waals surface area contributed by atoms with Crippen LogP contribution in [0.25, 0.3) is 16.6 Å². The summed E-state index contributed by atoms with van der Waals surface area (Å²) in [7, 11) is 0. The first-order valence-corrected chi connectivity index (χ1v) is 8.32. The molecule has 6 nitrogen and oxygen atoms in total. The predicted octanol–water partition coefficient (Wildman–Crippen LogP) is 1.89. The molecular weight excluding hydrogens is 304 g/mol. The molecule has 0 spiro atoms. The van der Waals surface area contributed by atoms with Gasteiger partial charge in [-0.2, -0.15) is 0 Å². The molecule has 0 bridgehead atoms. The third-order valence-corrected chi connectivity index (χ3v) is 4.73. The maximum atomic E-state index is 12.8. The van der Waals surface area contributed by atoms with Crippen LogP contribution in [0.3, 0.4) is 0 Å². The first-order chi connectivity index (χ1) is 11.5. The van der Waals surface area contributed by atoms with Crippen LogP contribution in [0.15, 0.2) is 29.1 Å². The van der Waals surface area contributed by atoms with Gasteiger partial charge in [-0.05, 0) is 55.8 Å². The van der Waals surface area contributed by atoms with Crippen molar-refractivity contribution in [3.05, 3.63) is 45.9 Å². The van der Waals surface area contributed by atoms with Gasteiger partial charge in [-0.25, -0.2) is 13.9 Å². The number of likely N-dealkylation sites (tertiary alicyclic amines) is 1. The van der Waals surface area contributed by atoms with Gasteiger partial charge in [-0.3, -0.25) is 4.79 Å². The minimum atomic E-state index is -0.255. The summed E-state index contributed by atoms with van der Waals surface area (Å²) in [6, 6.07) is 8.01. The van der Waals surface area contributed by atoms with Crippen molar-refractivity contribution >= 4 is 22.5 Å². The van der Waals surface area contributed by atoms with Crippen LogP contribution in [0.4, 0.5) is 0 Å². The van der Waals surface area contributed by atoms with Gasteiger partial charge >= 0.3 is 5.69 Å². The fourth-order valence-electron chi connectivity index (χ4n) is 3.47. The van der Waals surface area contributed by atoms with Crippen LogP contribution < -0.4 is 5.69 Å². The van der Waals surface area contributed by atoms with Gasteiger partial charge in [0.15, 0.2) is 5.65 Å². The average molecular weight is 324 g/mol. The van der Waals surface area contributed by atoms with E-state index in [2.05, 4.69) is 11.2 Å². The largest absolute Gasteiger partial charge is 0.351 e. The Morgan fingerprint density at radius 2 is 1.92 bits per heavy atom. The summed E-state index contributed by atoms with van der Waals surface area (Å²) >= 11 is 0. The van der Waals surface area contributed by atoms with E-state index in [1.807, 2.05) is 36.9 Å². The molecule has 1 fully saturated rings. The number of pyridine rings is 1. The number of fused-ring (bicyclic) bond motifs is 3. The monoisotopic (exact) mass is 324 g/mol. The molecule has 0 unspecified atom stereocenters. The number of nitrogens with zero attached hydrogens (tertiary/aromatic N) is 4. The zero-order chi connectivity index (χ0) is 16.8. The summed E-state index contributed by atoms with van der Waals surface area (Å²) in [5.74, 6) is -0.0317. The third kappa shape index (κ3) is 2.29. The quantitative estimate of drug-likeness (QED) is 0.723. The number of aryl methyl sites for hydroxylation is 2. The average Bonchev–Trinajstić information content (AvgIpc) is 3.17. The summed E-state index contributed by atoms with van der Waals surface area (Å²) in [5, 5.41) is 5.42. The molecule has 6 heteroatoms. The molecule has 1 aromatic carbocycles. The Balaban J connectivity index is 1.85. The molecule has 0 N–H and O–H groups in total. The van der Waals surface area contributed by atoms with Crippen LogP contribution in [0.5, 0.6) is 0 Å². The maximum absolute atomic E-state index is 12.8. The molecule has 3 heterocycles. The van der Waals surface area contributed by atoms with E-state index in [-0.39, 0.29) is 18.1 Å². The lowest BCUT2D eigenvalue weighted by atomic mass is 10.1. The summed E-state index contributed by atoms with van der Waals surface area (Å²) in [4.78, 5) is 27.0. The topological polar surface area (TPSA) is 59.6 Å². The molecule has 0 aliphatic carbocycles. The molecular formula is C18H20N4O2. The highest BCUT2D eigenvalue weighted by atomic mass is 16.2. The SMILES string of the molecule is Cc1ccc2c(c1)cc(C)c1nn(CC(=O)N3CCCC3)c(=O)n12. The standard InChI is InChI=1S/C18H20N4O2/c1-12-5-6-15-14(9-12)10-13(2)17-19-21(18(24)22(15)17)11-16(23)20-7-3-4-8-20/h5-6,9-10H,3-4,7-8,11H2,1-2H3. The third-order valence-electron chi connectivity index (χ3n) is 4.73. The summed E-state index contributed by atoms with van der Waals surface area (Å²) < 4.78 is 2.91. The Kier molecular flexibility index (Phi) is 3.40. The number of carbonyl (C=O) groups is 1. The molecule has 3 aromatic rings. The second-order valence-corrected chi connectivity index (χ2v) is 6.58. The van der Waals surface area contributed by atoms with Crippen molar-refractivity contribution in [3.8, 4) is 0 Å². The van der Waals surface area contributed by atoms with Gasteiger partial charge in [0, 0.05) is 13.1 Å². The van der Waals surface area contributed by atoms with Gasteiger partial charge in [0.2, 0.25) is 5.91 Å². The minimum absolute atomic E-state index is 0.00725. The summed E-state index contributed by atoms with van der Waals surface area (Å²) in [5.41, 5.74) is 3.26. The highest BCUT2D eigenvalue weighted by Crippen LogP contribution is 2.19. The predicted molar refractivity (Wildman–Crippen MR) is 92.2 cm³/mol. The Morgan fingerprint density at radius 3 is 2.67 bits per heavy atom. The molecule has 0 atom stereocenters. The molecule has 1 aliphatic heterocycles. The summed E-state index contributed by atoms with van der Waals surface area (Å²) in [6.45, 7) is 5.54. The van der Waals surface area contributed by atoms with Gasteiger partial charge in [0.05, 0.1) is 5.52 Å². The first-order valence-electron chi connectivity index (χ1n) is 8.32. The van der Waals surface area contributed by atoms with Crippen molar-refractivity contribution in [3.63, 3.8) is 0 Å². The lowest BCUT2D eigenvalue weighted by Crippen LogP contribution is -2.34. The van der Waals surface area contributed by atoms with Crippen molar-refractivity contribution in [1.82, 2.24) is 19.1 Å². The zero-order valence-corrected chi connectivity index (χ0v) is 14.0. The van der Waals surface area contributed by atoms with Crippen LogP contribution in [0, 0.1) is 13.8 Å². The molecule has 24 heavy (non-hydrogen) atoms. The van der Waals surface area contributed by atoms with E-state index in [9.17, 15) is 9.59 Å². The van der Waals surface area contributed by atoms with Crippen LogP contribution in [-0.2, 0) is 11.3 Å². The number of aromatic nitrogens is 3. The van der Waals surface area contributed by atoms with Crippen molar-refractivity contribution in [2.45, 2.75) is 33.2 Å². The number of hydrogen-bond donors (Lipinski definition) is 0. The first kappa shape index (κ1) is 14.9. The van der Waals surface area contributed by atoms with E-state index < -0.39 is 0 Å². The van der Waals surface area contributed by atoms with Gasteiger partial charge in [0.25, 0.3) is 0 Å². The van der Waals surface area contributed by atoms with Gasteiger partial charge in [-0.15, -0.1) is 5.10 Å². The normalized spacial score (nSPS) is 14.8.